The minimum absolute atomic E-state index is 0.262. The van der Waals surface area contributed by atoms with E-state index in [-0.39, 0.29) is 5.92 Å². The monoisotopic (exact) mass is 266 g/mol. The zero-order valence-electron chi connectivity index (χ0n) is 8.71. The maximum Gasteiger partial charge on any atom is 0.167 e. The first-order valence-electron chi connectivity index (χ1n) is 5.58. The smallest absolute Gasteiger partial charge is 0.167 e. The molecule has 1 aliphatic carbocycles. The molecule has 1 nitrogen and oxygen atoms in total. The molecule has 0 aliphatic heterocycles. The van der Waals surface area contributed by atoms with Crippen molar-refractivity contribution in [1.82, 2.24) is 0 Å². The molecule has 1 aliphatic rings. The number of Topliss-reactive ketones (excluding diaryl/α,β-unsaturated/α-hetero) is 1. The van der Waals surface area contributed by atoms with Gasteiger partial charge >= 0.3 is 0 Å². The van der Waals surface area contributed by atoms with Crippen LogP contribution in [0.2, 0.25) is 0 Å². The minimum Gasteiger partial charge on any atom is -0.294 e. The highest BCUT2D eigenvalue weighted by Gasteiger charge is 2.23. The van der Waals surface area contributed by atoms with E-state index < -0.39 is 0 Å². The topological polar surface area (TPSA) is 17.1 Å². The van der Waals surface area contributed by atoms with Crippen molar-refractivity contribution in [2.24, 2.45) is 5.92 Å². The third-order valence-corrected chi connectivity index (χ3v) is 3.81. The Balaban J connectivity index is 2.16. The Morgan fingerprint density at radius 1 is 1.13 bits per heavy atom. The maximum absolute atomic E-state index is 12.2. The van der Waals surface area contributed by atoms with Crippen LogP contribution < -0.4 is 0 Å². The second kappa shape index (κ2) is 4.93. The van der Waals surface area contributed by atoms with Gasteiger partial charge in [0.25, 0.3) is 0 Å². The number of halogens is 1. The van der Waals surface area contributed by atoms with E-state index in [1.165, 1.54) is 19.3 Å². The first-order chi connectivity index (χ1) is 7.29. The predicted molar refractivity (Wildman–Crippen MR) is 65.0 cm³/mol. The molecule has 1 saturated carbocycles. The van der Waals surface area contributed by atoms with Crippen LogP contribution in [0.3, 0.4) is 0 Å². The van der Waals surface area contributed by atoms with Crippen molar-refractivity contribution in [3.8, 4) is 0 Å². The van der Waals surface area contributed by atoms with E-state index in [2.05, 4.69) is 15.9 Å². The third-order valence-electron chi connectivity index (χ3n) is 3.12. The Labute approximate surface area is 99.0 Å². The lowest BCUT2D eigenvalue weighted by Crippen LogP contribution is -2.18. The minimum atomic E-state index is 0.262. The van der Waals surface area contributed by atoms with E-state index in [4.69, 9.17) is 0 Å². The van der Waals surface area contributed by atoms with Gasteiger partial charge in [0, 0.05) is 16.0 Å². The van der Waals surface area contributed by atoms with Gasteiger partial charge in [-0.25, -0.2) is 0 Å². The lowest BCUT2D eigenvalue weighted by Gasteiger charge is -2.20. The molecule has 0 bridgehead atoms. The van der Waals surface area contributed by atoms with Crippen molar-refractivity contribution in [2.45, 2.75) is 32.1 Å². The van der Waals surface area contributed by atoms with Gasteiger partial charge in [-0.05, 0) is 18.9 Å². The lowest BCUT2D eigenvalue weighted by molar-refractivity contribution is 0.0889. The fourth-order valence-electron chi connectivity index (χ4n) is 2.25. The van der Waals surface area contributed by atoms with Crippen molar-refractivity contribution in [3.05, 3.63) is 34.3 Å². The van der Waals surface area contributed by atoms with Gasteiger partial charge in [0.15, 0.2) is 5.78 Å². The molecule has 1 aromatic carbocycles. The quantitative estimate of drug-likeness (QED) is 0.733. The first-order valence-corrected chi connectivity index (χ1v) is 6.37. The molecule has 0 N–H and O–H groups in total. The molecule has 0 aromatic heterocycles. The summed E-state index contributed by atoms with van der Waals surface area (Å²) in [4.78, 5) is 12.2. The number of hydrogen-bond acceptors (Lipinski definition) is 1. The number of hydrogen-bond donors (Lipinski definition) is 0. The molecule has 0 saturated heterocycles. The van der Waals surface area contributed by atoms with Gasteiger partial charge < -0.3 is 0 Å². The van der Waals surface area contributed by atoms with Gasteiger partial charge in [-0.2, -0.15) is 0 Å². The molecule has 0 radical (unpaired) electrons. The summed E-state index contributed by atoms with van der Waals surface area (Å²) in [5.74, 6) is 0.583. The summed E-state index contributed by atoms with van der Waals surface area (Å²) in [7, 11) is 0. The SMILES string of the molecule is O=C(c1ccccc1Br)C1CCCCC1. The Morgan fingerprint density at radius 3 is 2.47 bits per heavy atom. The molecule has 80 valence electrons. The maximum atomic E-state index is 12.2. The molecule has 2 rings (SSSR count). The molecular formula is C13H15BrO. The molecule has 0 spiro atoms. The van der Waals surface area contributed by atoms with Crippen molar-refractivity contribution in [2.75, 3.05) is 0 Å². The summed E-state index contributed by atoms with van der Waals surface area (Å²) < 4.78 is 0.931. The van der Waals surface area contributed by atoms with Crippen LogP contribution >= 0.6 is 15.9 Å². The van der Waals surface area contributed by atoms with Crippen LogP contribution in [0.4, 0.5) is 0 Å². The summed E-state index contributed by atoms with van der Waals surface area (Å²) in [6.45, 7) is 0. The highest BCUT2D eigenvalue weighted by molar-refractivity contribution is 9.10. The van der Waals surface area contributed by atoms with Gasteiger partial charge in [0.2, 0.25) is 0 Å². The van der Waals surface area contributed by atoms with Crippen LogP contribution in [-0.2, 0) is 0 Å². The second-order valence-electron chi connectivity index (χ2n) is 4.18. The Hall–Kier alpha value is -0.630. The van der Waals surface area contributed by atoms with Crippen LogP contribution in [0.25, 0.3) is 0 Å². The van der Waals surface area contributed by atoms with E-state index >= 15 is 0 Å². The van der Waals surface area contributed by atoms with Crippen LogP contribution in [0.5, 0.6) is 0 Å². The normalized spacial score (nSPS) is 17.7. The molecule has 1 aromatic rings. The van der Waals surface area contributed by atoms with Gasteiger partial charge in [0.05, 0.1) is 0 Å². The van der Waals surface area contributed by atoms with Crippen molar-refractivity contribution >= 4 is 21.7 Å². The van der Waals surface area contributed by atoms with E-state index in [1.807, 2.05) is 24.3 Å². The van der Waals surface area contributed by atoms with Gasteiger partial charge in [-0.1, -0.05) is 53.4 Å². The predicted octanol–water partition coefficient (Wildman–Crippen LogP) is 4.21. The fraction of sp³-hybridized carbons (Fsp3) is 0.462. The zero-order chi connectivity index (χ0) is 10.7. The summed E-state index contributed by atoms with van der Waals surface area (Å²) in [5.41, 5.74) is 0.851. The molecule has 0 atom stereocenters. The number of rotatable bonds is 2. The number of benzene rings is 1. The summed E-state index contributed by atoms with van der Waals surface area (Å²) in [5, 5.41) is 0. The molecule has 15 heavy (non-hydrogen) atoms. The Kier molecular flexibility index (Phi) is 3.57. The largest absolute Gasteiger partial charge is 0.294 e. The third kappa shape index (κ3) is 2.49. The van der Waals surface area contributed by atoms with Gasteiger partial charge in [-0.3, -0.25) is 4.79 Å². The highest BCUT2D eigenvalue weighted by atomic mass is 79.9. The number of carbonyl (C=O) groups is 1. The Bertz CT molecular complexity index is 353. The molecule has 2 heteroatoms. The summed E-state index contributed by atoms with van der Waals surface area (Å²) >= 11 is 3.44. The summed E-state index contributed by atoms with van der Waals surface area (Å²) in [6.07, 6.45) is 5.85. The van der Waals surface area contributed by atoms with E-state index in [0.29, 0.717) is 5.78 Å². The van der Waals surface area contributed by atoms with E-state index in [0.717, 1.165) is 22.9 Å². The molecule has 0 heterocycles. The molecule has 0 amide bonds. The average Bonchev–Trinajstić information content (AvgIpc) is 2.30. The van der Waals surface area contributed by atoms with E-state index in [9.17, 15) is 4.79 Å². The fourth-order valence-corrected chi connectivity index (χ4v) is 2.73. The second-order valence-corrected chi connectivity index (χ2v) is 5.03. The molecular weight excluding hydrogens is 252 g/mol. The summed E-state index contributed by atoms with van der Waals surface area (Å²) in [6, 6.07) is 7.74. The number of ketones is 1. The van der Waals surface area contributed by atoms with Crippen molar-refractivity contribution in [3.63, 3.8) is 0 Å². The molecule has 1 fully saturated rings. The lowest BCUT2D eigenvalue weighted by atomic mass is 9.84. The van der Waals surface area contributed by atoms with Gasteiger partial charge in [-0.15, -0.1) is 0 Å². The Morgan fingerprint density at radius 2 is 1.80 bits per heavy atom. The van der Waals surface area contributed by atoms with Crippen molar-refractivity contribution < 1.29 is 4.79 Å². The first kappa shape index (κ1) is 10.9. The van der Waals surface area contributed by atoms with E-state index in [1.54, 1.807) is 0 Å². The average molecular weight is 267 g/mol. The number of carbonyl (C=O) groups excluding carboxylic acids is 1. The van der Waals surface area contributed by atoms with Crippen LogP contribution in [0.15, 0.2) is 28.7 Å². The standard InChI is InChI=1S/C13H15BrO/c14-12-9-5-4-8-11(12)13(15)10-6-2-1-3-7-10/h4-5,8-10H,1-3,6-7H2. The van der Waals surface area contributed by atoms with Crippen LogP contribution in [0, 0.1) is 5.92 Å². The van der Waals surface area contributed by atoms with Gasteiger partial charge in [0.1, 0.15) is 0 Å². The zero-order valence-corrected chi connectivity index (χ0v) is 10.3. The molecule has 0 unspecified atom stereocenters. The van der Waals surface area contributed by atoms with Crippen LogP contribution in [0.1, 0.15) is 42.5 Å². The van der Waals surface area contributed by atoms with Crippen LogP contribution in [-0.4, -0.2) is 5.78 Å². The highest BCUT2D eigenvalue weighted by Crippen LogP contribution is 2.29. The van der Waals surface area contributed by atoms with Crippen molar-refractivity contribution in [1.29, 1.82) is 0 Å².